The van der Waals surface area contributed by atoms with Gasteiger partial charge < -0.3 is 20.1 Å². The number of anilines is 1. The van der Waals surface area contributed by atoms with E-state index in [4.69, 9.17) is 5.48 Å². The molecule has 2 N–H and O–H groups in total. The lowest BCUT2D eigenvalue weighted by Gasteiger charge is -2.16. The number of benzene rings is 1. The van der Waals surface area contributed by atoms with E-state index in [1.54, 1.807) is 5.32 Å². The molecule has 0 fully saturated rings. The molecule has 0 aromatic heterocycles. The Morgan fingerprint density at radius 1 is 1.11 bits per heavy atom. The molecule has 1 atom stereocenters. The van der Waals surface area contributed by atoms with Crippen molar-refractivity contribution in [1.82, 2.24) is 5.32 Å². The molecule has 0 unspecified atom stereocenters. The Bertz CT molecular complexity index is 862. The van der Waals surface area contributed by atoms with Crippen molar-refractivity contribution in [3.63, 3.8) is 0 Å². The van der Waals surface area contributed by atoms with E-state index in [1.807, 2.05) is 5.32 Å². The van der Waals surface area contributed by atoms with E-state index in [-0.39, 0.29) is 11.3 Å². The van der Waals surface area contributed by atoms with Gasteiger partial charge in [0.25, 0.3) is 5.91 Å². The number of amides is 2. The van der Waals surface area contributed by atoms with Crippen LogP contribution in [0.3, 0.4) is 0 Å². The van der Waals surface area contributed by atoms with Gasteiger partial charge in [0.1, 0.15) is 6.04 Å². The normalized spacial score (nSPS) is 15.1. The highest BCUT2D eigenvalue weighted by Gasteiger charge is 2.38. The van der Waals surface area contributed by atoms with Gasteiger partial charge in [-0.2, -0.15) is 13.2 Å². The van der Waals surface area contributed by atoms with Crippen molar-refractivity contribution in [3.8, 4) is 0 Å². The smallest absolute Gasteiger partial charge is 0.469 e. The molecule has 0 aliphatic heterocycles. The van der Waals surface area contributed by atoms with Gasteiger partial charge in [-0.05, 0) is 30.6 Å². The van der Waals surface area contributed by atoms with E-state index in [1.165, 1.54) is 0 Å². The van der Waals surface area contributed by atoms with Crippen molar-refractivity contribution in [3.05, 3.63) is 29.8 Å². The summed E-state index contributed by atoms with van der Waals surface area (Å²) in [5, 5.41) is 3.44. The van der Waals surface area contributed by atoms with Crippen molar-refractivity contribution in [2.45, 2.75) is 25.0 Å². The molecule has 0 spiro atoms. The minimum absolute atomic E-state index is 0.284. The molecule has 0 radical (unpaired) electrons. The maximum Gasteiger partial charge on any atom is 0.471 e. The topological polar surface area (TPSA) is 111 Å². The summed E-state index contributed by atoms with van der Waals surface area (Å²) in [6, 6.07) is 1.49. The van der Waals surface area contributed by atoms with Crippen LogP contribution in [0.5, 0.6) is 0 Å². The number of carbonyl (C=O) groups excluding carboxylic acids is 4. The molecule has 1 rings (SSSR count). The number of methoxy groups -OCH3 is 2. The number of carbonyl (C=O) groups is 4. The summed E-state index contributed by atoms with van der Waals surface area (Å²) in [7, 11) is 1.63. The zero-order chi connectivity index (χ0) is 24.2. The fraction of sp³-hybridized carbons (Fsp3) is 0.375. The third-order valence-electron chi connectivity index (χ3n) is 2.88. The molecule has 0 aliphatic rings. The third kappa shape index (κ3) is 6.96. The SMILES string of the molecule is [2H]C([2H])(C(=O)OC)C([2H])([2H])[C@H](NC(=O)c1ccc(NC(=O)C(F)(F)F)cc1)C(=O)OC. The van der Waals surface area contributed by atoms with Crippen LogP contribution in [-0.2, 0) is 23.9 Å². The van der Waals surface area contributed by atoms with Gasteiger partial charge in [0.2, 0.25) is 0 Å². The number of alkyl halides is 3. The number of ether oxygens (including phenoxy) is 2. The van der Waals surface area contributed by atoms with Crippen molar-refractivity contribution in [1.29, 1.82) is 0 Å². The Balaban J connectivity index is 3.12. The van der Waals surface area contributed by atoms with Crippen molar-refractivity contribution < 1.29 is 47.3 Å². The monoisotopic (exact) mass is 394 g/mol. The quantitative estimate of drug-likeness (QED) is 0.677. The summed E-state index contributed by atoms with van der Waals surface area (Å²) in [4.78, 5) is 46.9. The van der Waals surface area contributed by atoms with Crippen LogP contribution in [0.2, 0.25) is 0 Å². The van der Waals surface area contributed by atoms with Gasteiger partial charge in [0, 0.05) is 23.1 Å². The molecule has 0 saturated carbocycles. The van der Waals surface area contributed by atoms with Crippen LogP contribution < -0.4 is 10.6 Å². The standard InChI is InChI=1S/C16H17F3N2O6/c1-26-12(22)8-7-11(14(24)27-2)21-13(23)9-3-5-10(6-4-9)20-15(25)16(17,18)19/h3-6,11H,7-8H2,1-2H3,(H,20,25)(H,21,23)/t11-/m0/s1/i7D2,8D2. The molecule has 0 bridgehead atoms. The van der Waals surface area contributed by atoms with Gasteiger partial charge >= 0.3 is 24.0 Å². The fourth-order valence-corrected chi connectivity index (χ4v) is 1.58. The predicted octanol–water partition coefficient (Wildman–Crippen LogP) is 1.41. The number of rotatable bonds is 7. The second kappa shape index (κ2) is 9.55. The first kappa shape index (κ1) is 16.1. The fourth-order valence-electron chi connectivity index (χ4n) is 1.58. The lowest BCUT2D eigenvalue weighted by atomic mass is 10.1. The van der Waals surface area contributed by atoms with Crippen LogP contribution in [0.25, 0.3) is 0 Å². The largest absolute Gasteiger partial charge is 0.471 e. The lowest BCUT2D eigenvalue weighted by Crippen LogP contribution is -2.41. The van der Waals surface area contributed by atoms with Gasteiger partial charge in [-0.15, -0.1) is 0 Å². The van der Waals surface area contributed by atoms with Crippen LogP contribution in [0.1, 0.15) is 28.6 Å². The lowest BCUT2D eigenvalue weighted by molar-refractivity contribution is -0.167. The third-order valence-corrected chi connectivity index (χ3v) is 2.88. The minimum atomic E-state index is -5.13. The molecule has 2 amide bonds. The highest BCUT2D eigenvalue weighted by molar-refractivity contribution is 5.98. The molecular weight excluding hydrogens is 373 g/mol. The molecule has 0 aliphatic carbocycles. The van der Waals surface area contributed by atoms with E-state index in [2.05, 4.69) is 9.47 Å². The molecule has 27 heavy (non-hydrogen) atoms. The zero-order valence-electron chi connectivity index (χ0n) is 18.0. The number of hydrogen-bond donors (Lipinski definition) is 2. The van der Waals surface area contributed by atoms with Crippen molar-refractivity contribution >= 4 is 29.4 Å². The summed E-state index contributed by atoms with van der Waals surface area (Å²) in [5.41, 5.74) is -0.589. The maximum atomic E-state index is 12.4. The average Bonchev–Trinajstić information content (AvgIpc) is 2.69. The Morgan fingerprint density at radius 2 is 1.70 bits per heavy atom. The van der Waals surface area contributed by atoms with Crippen molar-refractivity contribution in [2.24, 2.45) is 0 Å². The van der Waals surface area contributed by atoms with E-state index in [9.17, 15) is 32.3 Å². The highest BCUT2D eigenvalue weighted by Crippen LogP contribution is 2.18. The molecular formula is C16H17F3N2O6. The zero-order valence-corrected chi connectivity index (χ0v) is 14.0. The van der Waals surface area contributed by atoms with Gasteiger partial charge in [-0.1, -0.05) is 0 Å². The number of halogens is 3. The summed E-state index contributed by atoms with van der Waals surface area (Å²) < 4.78 is 76.5. The van der Waals surface area contributed by atoms with Gasteiger partial charge in [0.05, 0.1) is 14.2 Å². The molecule has 0 heterocycles. The highest BCUT2D eigenvalue weighted by atomic mass is 19.4. The molecule has 8 nitrogen and oxygen atoms in total. The minimum Gasteiger partial charge on any atom is -0.469 e. The first-order valence-electron chi connectivity index (χ1n) is 9.05. The van der Waals surface area contributed by atoms with E-state index in [0.717, 1.165) is 38.5 Å². The van der Waals surface area contributed by atoms with Crippen LogP contribution in [-0.4, -0.2) is 50.2 Å². The predicted molar refractivity (Wildman–Crippen MR) is 85.6 cm³/mol. The van der Waals surface area contributed by atoms with Gasteiger partial charge in [-0.3, -0.25) is 14.4 Å². The van der Waals surface area contributed by atoms with E-state index in [0.29, 0.717) is 0 Å². The summed E-state index contributed by atoms with van der Waals surface area (Å²) in [5.74, 6) is -6.45. The molecule has 1 aromatic carbocycles. The first-order chi connectivity index (χ1) is 14.1. The molecule has 1 aromatic rings. The second-order valence-electron chi connectivity index (χ2n) is 4.72. The maximum absolute atomic E-state index is 12.4. The first-order valence-corrected chi connectivity index (χ1v) is 7.05. The van der Waals surface area contributed by atoms with E-state index < -0.39 is 48.7 Å². The Labute approximate surface area is 157 Å². The Kier molecular flexibility index (Phi) is 5.69. The second-order valence-corrected chi connectivity index (χ2v) is 4.72. The van der Waals surface area contributed by atoms with Crippen LogP contribution in [0.15, 0.2) is 24.3 Å². The number of nitrogens with one attached hydrogen (secondary N) is 2. The molecule has 0 saturated heterocycles. The van der Waals surface area contributed by atoms with Crippen molar-refractivity contribution in [2.75, 3.05) is 19.5 Å². The number of esters is 2. The Hall–Kier alpha value is -3.11. The van der Waals surface area contributed by atoms with E-state index >= 15 is 0 Å². The summed E-state index contributed by atoms with van der Waals surface area (Å²) in [6.07, 6.45) is -11.8. The number of hydrogen-bond acceptors (Lipinski definition) is 6. The van der Waals surface area contributed by atoms with Gasteiger partial charge in [0.15, 0.2) is 0 Å². The Morgan fingerprint density at radius 3 is 2.19 bits per heavy atom. The van der Waals surface area contributed by atoms with Gasteiger partial charge in [-0.25, -0.2) is 4.79 Å². The molecule has 148 valence electrons. The summed E-state index contributed by atoms with van der Waals surface area (Å²) >= 11 is 0. The van der Waals surface area contributed by atoms with Crippen LogP contribution in [0.4, 0.5) is 18.9 Å². The molecule has 11 heteroatoms. The van der Waals surface area contributed by atoms with Crippen LogP contribution in [0, 0.1) is 0 Å². The average molecular weight is 394 g/mol. The summed E-state index contributed by atoms with van der Waals surface area (Å²) in [6.45, 7) is 0. The van der Waals surface area contributed by atoms with Crippen LogP contribution >= 0.6 is 0 Å².